The fourth-order valence-corrected chi connectivity index (χ4v) is 3.77. The summed E-state index contributed by atoms with van der Waals surface area (Å²) in [6, 6.07) is 6.99. The number of hydrogen-bond donors (Lipinski definition) is 0. The number of aromatic nitrogens is 3. The number of carbonyl (C=O) groups excluding carboxylic acids is 2. The molecular formula is C19H23N5O3. The first-order valence-corrected chi connectivity index (χ1v) is 9.36. The Hall–Kier alpha value is -2.90. The highest BCUT2D eigenvalue weighted by Crippen LogP contribution is 2.29. The zero-order chi connectivity index (χ0) is 18.8. The number of para-hydroxylation sites is 1. The van der Waals surface area contributed by atoms with Crippen LogP contribution >= 0.6 is 0 Å². The molecule has 1 atom stereocenters. The van der Waals surface area contributed by atoms with E-state index in [1.165, 1.54) is 0 Å². The van der Waals surface area contributed by atoms with Gasteiger partial charge in [0, 0.05) is 25.8 Å². The third-order valence-corrected chi connectivity index (χ3v) is 5.21. The molecule has 0 N–H and O–H groups in total. The predicted octanol–water partition coefficient (Wildman–Crippen LogP) is 1.36. The number of hydrogen-bond acceptors (Lipinski definition) is 5. The number of carbonyl (C=O) groups is 2. The lowest BCUT2D eigenvalue weighted by atomic mass is 10.1. The zero-order valence-corrected chi connectivity index (χ0v) is 15.3. The smallest absolute Gasteiger partial charge is 0.258 e. The van der Waals surface area contributed by atoms with E-state index in [2.05, 4.69) is 10.3 Å². The van der Waals surface area contributed by atoms with Crippen molar-refractivity contribution < 1.29 is 14.3 Å². The number of benzene rings is 1. The SMILES string of the molecule is CCOc1ccccc1C(=O)N1CCCC1C(=O)N1CC(n2ccnn2)C1. The normalized spacial score (nSPS) is 19.8. The molecule has 0 aliphatic carbocycles. The van der Waals surface area contributed by atoms with Crippen LogP contribution in [0.4, 0.5) is 0 Å². The van der Waals surface area contributed by atoms with Crippen LogP contribution in [0.5, 0.6) is 5.75 Å². The first-order chi connectivity index (χ1) is 13.2. The van der Waals surface area contributed by atoms with Crippen LogP contribution in [-0.4, -0.2) is 68.9 Å². The van der Waals surface area contributed by atoms with Gasteiger partial charge in [0.05, 0.1) is 24.4 Å². The molecule has 2 saturated heterocycles. The van der Waals surface area contributed by atoms with Crippen LogP contribution in [0, 0.1) is 0 Å². The van der Waals surface area contributed by atoms with E-state index in [1.54, 1.807) is 32.8 Å². The van der Waals surface area contributed by atoms with Crippen molar-refractivity contribution in [3.63, 3.8) is 0 Å². The molecule has 0 bridgehead atoms. The van der Waals surface area contributed by atoms with Crippen LogP contribution in [0.15, 0.2) is 36.7 Å². The molecule has 2 amide bonds. The summed E-state index contributed by atoms with van der Waals surface area (Å²) in [6.45, 7) is 4.19. The third-order valence-electron chi connectivity index (χ3n) is 5.21. The lowest BCUT2D eigenvalue weighted by Crippen LogP contribution is -2.56. The highest BCUT2D eigenvalue weighted by atomic mass is 16.5. The van der Waals surface area contributed by atoms with Crippen molar-refractivity contribution in [3.05, 3.63) is 42.2 Å². The standard InChI is InChI=1S/C19H23N5O3/c1-2-27-17-8-4-3-6-15(17)18(25)23-10-5-7-16(23)19(26)22-12-14(13-22)24-11-9-20-21-24/h3-4,6,8-9,11,14,16H,2,5,7,10,12-13H2,1H3. The van der Waals surface area contributed by atoms with E-state index in [1.807, 2.05) is 25.3 Å². The van der Waals surface area contributed by atoms with E-state index >= 15 is 0 Å². The van der Waals surface area contributed by atoms with Crippen molar-refractivity contribution in [1.29, 1.82) is 0 Å². The summed E-state index contributed by atoms with van der Waals surface area (Å²) in [7, 11) is 0. The van der Waals surface area contributed by atoms with Gasteiger partial charge in [-0.1, -0.05) is 17.3 Å². The Labute approximate surface area is 157 Å². The molecule has 2 aromatic rings. The summed E-state index contributed by atoms with van der Waals surface area (Å²) < 4.78 is 7.37. The molecular weight excluding hydrogens is 346 g/mol. The molecule has 2 fully saturated rings. The van der Waals surface area contributed by atoms with Crippen molar-refractivity contribution in [3.8, 4) is 5.75 Å². The summed E-state index contributed by atoms with van der Waals surface area (Å²) >= 11 is 0. The zero-order valence-electron chi connectivity index (χ0n) is 15.3. The number of nitrogens with zero attached hydrogens (tertiary/aromatic N) is 5. The molecule has 4 rings (SSSR count). The van der Waals surface area contributed by atoms with E-state index in [9.17, 15) is 9.59 Å². The highest BCUT2D eigenvalue weighted by Gasteiger charge is 2.41. The Balaban J connectivity index is 1.45. The van der Waals surface area contributed by atoms with E-state index in [-0.39, 0.29) is 17.9 Å². The minimum absolute atomic E-state index is 0.0195. The van der Waals surface area contributed by atoms with Gasteiger partial charge in [0.25, 0.3) is 5.91 Å². The van der Waals surface area contributed by atoms with Gasteiger partial charge in [0.2, 0.25) is 5.91 Å². The van der Waals surface area contributed by atoms with E-state index in [4.69, 9.17) is 4.74 Å². The van der Waals surface area contributed by atoms with Crippen LogP contribution in [0.3, 0.4) is 0 Å². The van der Waals surface area contributed by atoms with Gasteiger partial charge in [-0.15, -0.1) is 5.10 Å². The molecule has 2 aliphatic heterocycles. The van der Waals surface area contributed by atoms with Crippen molar-refractivity contribution in [1.82, 2.24) is 24.8 Å². The van der Waals surface area contributed by atoms with Gasteiger partial charge in [-0.2, -0.15) is 0 Å². The average Bonchev–Trinajstić information content (AvgIpc) is 3.32. The Morgan fingerprint density at radius 3 is 2.81 bits per heavy atom. The molecule has 1 unspecified atom stereocenters. The predicted molar refractivity (Wildman–Crippen MR) is 97.3 cm³/mol. The number of amides is 2. The van der Waals surface area contributed by atoms with Gasteiger partial charge in [0.15, 0.2) is 0 Å². The summed E-state index contributed by atoms with van der Waals surface area (Å²) in [5.41, 5.74) is 0.517. The minimum Gasteiger partial charge on any atom is -0.493 e. The van der Waals surface area contributed by atoms with Crippen molar-refractivity contribution >= 4 is 11.8 Å². The lowest BCUT2D eigenvalue weighted by Gasteiger charge is -2.41. The fraction of sp³-hybridized carbons (Fsp3) is 0.474. The Morgan fingerprint density at radius 2 is 2.07 bits per heavy atom. The summed E-state index contributed by atoms with van der Waals surface area (Å²) in [5, 5.41) is 7.80. The topological polar surface area (TPSA) is 80.6 Å². The number of likely N-dealkylation sites (tertiary alicyclic amines) is 2. The monoisotopic (exact) mass is 369 g/mol. The molecule has 8 heteroatoms. The molecule has 1 aromatic heterocycles. The molecule has 2 aliphatic rings. The van der Waals surface area contributed by atoms with Crippen molar-refractivity contribution in [2.24, 2.45) is 0 Å². The Bertz CT molecular complexity index is 817. The Kier molecular flexibility index (Phi) is 4.79. The first kappa shape index (κ1) is 17.5. The van der Waals surface area contributed by atoms with Crippen molar-refractivity contribution in [2.75, 3.05) is 26.2 Å². The maximum absolute atomic E-state index is 13.1. The third kappa shape index (κ3) is 3.27. The second-order valence-electron chi connectivity index (χ2n) is 6.87. The van der Waals surface area contributed by atoms with Gasteiger partial charge >= 0.3 is 0 Å². The van der Waals surface area contributed by atoms with Gasteiger partial charge in [0.1, 0.15) is 11.8 Å². The molecule has 0 radical (unpaired) electrons. The molecule has 0 saturated carbocycles. The van der Waals surface area contributed by atoms with Crippen LogP contribution in [0.25, 0.3) is 0 Å². The second-order valence-corrected chi connectivity index (χ2v) is 6.87. The van der Waals surface area contributed by atoms with Gasteiger partial charge in [-0.25, -0.2) is 4.68 Å². The van der Waals surface area contributed by atoms with E-state index in [0.717, 1.165) is 6.42 Å². The molecule has 142 valence electrons. The van der Waals surface area contributed by atoms with Crippen LogP contribution in [-0.2, 0) is 4.79 Å². The lowest BCUT2D eigenvalue weighted by molar-refractivity contribution is -0.141. The molecule has 8 nitrogen and oxygen atoms in total. The molecule has 1 aromatic carbocycles. The summed E-state index contributed by atoms with van der Waals surface area (Å²) in [4.78, 5) is 29.5. The van der Waals surface area contributed by atoms with E-state index in [0.29, 0.717) is 44.0 Å². The summed E-state index contributed by atoms with van der Waals surface area (Å²) in [5.74, 6) is 0.452. The maximum atomic E-state index is 13.1. The van der Waals surface area contributed by atoms with Gasteiger partial charge in [-0.3, -0.25) is 9.59 Å². The molecule has 0 spiro atoms. The first-order valence-electron chi connectivity index (χ1n) is 9.36. The molecule has 3 heterocycles. The summed E-state index contributed by atoms with van der Waals surface area (Å²) in [6.07, 6.45) is 4.98. The average molecular weight is 369 g/mol. The van der Waals surface area contributed by atoms with Gasteiger partial charge in [-0.05, 0) is 31.9 Å². The van der Waals surface area contributed by atoms with Crippen LogP contribution < -0.4 is 4.74 Å². The molecule has 27 heavy (non-hydrogen) atoms. The highest BCUT2D eigenvalue weighted by molar-refractivity contribution is 6.00. The number of ether oxygens (including phenoxy) is 1. The van der Waals surface area contributed by atoms with Crippen molar-refractivity contribution in [2.45, 2.75) is 31.8 Å². The van der Waals surface area contributed by atoms with Gasteiger partial charge < -0.3 is 14.5 Å². The largest absolute Gasteiger partial charge is 0.493 e. The van der Waals surface area contributed by atoms with E-state index < -0.39 is 6.04 Å². The Morgan fingerprint density at radius 1 is 1.26 bits per heavy atom. The van der Waals surface area contributed by atoms with Crippen LogP contribution in [0.2, 0.25) is 0 Å². The maximum Gasteiger partial charge on any atom is 0.258 e. The quantitative estimate of drug-likeness (QED) is 0.795. The van der Waals surface area contributed by atoms with Crippen LogP contribution in [0.1, 0.15) is 36.2 Å². The fourth-order valence-electron chi connectivity index (χ4n) is 3.77. The number of rotatable bonds is 5. The minimum atomic E-state index is -0.399. The second kappa shape index (κ2) is 7.38.